The molecule has 0 aromatic heterocycles. The third kappa shape index (κ3) is 4.59. The van der Waals surface area contributed by atoms with Crippen molar-refractivity contribution in [2.75, 3.05) is 12.1 Å². The van der Waals surface area contributed by atoms with Crippen LogP contribution < -0.4 is 20.2 Å². The zero-order valence-corrected chi connectivity index (χ0v) is 16.3. The van der Waals surface area contributed by atoms with Crippen molar-refractivity contribution in [2.24, 2.45) is 5.10 Å². The summed E-state index contributed by atoms with van der Waals surface area (Å²) in [6.07, 6.45) is 1.51. The highest BCUT2D eigenvalue weighted by atomic mass is 35.5. The van der Waals surface area contributed by atoms with Crippen LogP contribution in [0.4, 0.5) is 5.69 Å². The average molecular weight is 422 g/mol. The number of amides is 2. The van der Waals surface area contributed by atoms with Crippen LogP contribution in [0.25, 0.3) is 0 Å². The Bertz CT molecular complexity index is 1110. The second-order valence-corrected chi connectivity index (χ2v) is 6.79. The molecule has 3 aromatic carbocycles. The first-order chi connectivity index (χ1) is 14.6. The van der Waals surface area contributed by atoms with Crippen LogP contribution in [0.2, 0.25) is 5.02 Å². The van der Waals surface area contributed by atoms with Gasteiger partial charge in [0.1, 0.15) is 0 Å². The number of ether oxygens (including phenoxy) is 2. The summed E-state index contributed by atoms with van der Waals surface area (Å²) in [5.41, 5.74) is 4.68. The Labute approximate surface area is 177 Å². The fourth-order valence-electron chi connectivity index (χ4n) is 2.73. The maximum Gasteiger partial charge on any atom is 0.271 e. The molecule has 1 heterocycles. The van der Waals surface area contributed by atoms with E-state index in [1.807, 2.05) is 0 Å². The van der Waals surface area contributed by atoms with Crippen LogP contribution in [0.1, 0.15) is 26.3 Å². The monoisotopic (exact) mass is 421 g/mol. The van der Waals surface area contributed by atoms with E-state index >= 15 is 0 Å². The summed E-state index contributed by atoms with van der Waals surface area (Å²) >= 11 is 5.83. The molecule has 1 aliphatic heterocycles. The maximum absolute atomic E-state index is 12.2. The van der Waals surface area contributed by atoms with Gasteiger partial charge in [-0.3, -0.25) is 9.59 Å². The van der Waals surface area contributed by atoms with Crippen molar-refractivity contribution < 1.29 is 19.1 Å². The van der Waals surface area contributed by atoms with E-state index in [1.54, 1.807) is 66.7 Å². The Hall–Kier alpha value is -3.84. The number of fused-ring (bicyclic) bond motifs is 1. The molecular weight excluding hydrogens is 406 g/mol. The van der Waals surface area contributed by atoms with E-state index in [9.17, 15) is 9.59 Å². The fourth-order valence-corrected chi connectivity index (χ4v) is 2.86. The van der Waals surface area contributed by atoms with Gasteiger partial charge in [0.15, 0.2) is 11.5 Å². The lowest BCUT2D eigenvalue weighted by Gasteiger charge is -2.06. The summed E-state index contributed by atoms with van der Waals surface area (Å²) in [4.78, 5) is 24.5. The first kappa shape index (κ1) is 19.5. The minimum absolute atomic E-state index is 0.197. The largest absolute Gasteiger partial charge is 0.454 e. The molecule has 3 aromatic rings. The van der Waals surface area contributed by atoms with Gasteiger partial charge in [0.05, 0.1) is 6.21 Å². The van der Waals surface area contributed by atoms with E-state index in [0.29, 0.717) is 33.3 Å². The highest BCUT2D eigenvalue weighted by Gasteiger charge is 2.12. The van der Waals surface area contributed by atoms with Crippen molar-refractivity contribution in [1.29, 1.82) is 0 Å². The standard InChI is InChI=1S/C22H16ClN3O4/c23-17-6-2-15(3-7-17)21(27)25-18-8-4-16(5-9-18)22(28)26-24-12-14-1-10-19-20(11-14)30-13-29-19/h1-12H,13H2,(H,25,27)(H,26,28)/b24-12-. The van der Waals surface area contributed by atoms with Gasteiger partial charge in [0.25, 0.3) is 11.8 Å². The molecular formula is C22H16ClN3O4. The summed E-state index contributed by atoms with van der Waals surface area (Å²) in [5, 5.41) is 7.28. The number of hydrogen-bond acceptors (Lipinski definition) is 5. The number of nitrogens with zero attached hydrogens (tertiary/aromatic N) is 1. The van der Waals surface area contributed by atoms with E-state index in [4.69, 9.17) is 21.1 Å². The number of anilines is 1. The van der Waals surface area contributed by atoms with E-state index in [0.717, 1.165) is 5.56 Å². The van der Waals surface area contributed by atoms with Gasteiger partial charge < -0.3 is 14.8 Å². The molecule has 30 heavy (non-hydrogen) atoms. The van der Waals surface area contributed by atoms with Crippen molar-refractivity contribution in [3.05, 3.63) is 88.4 Å². The second kappa shape index (κ2) is 8.67. The molecule has 8 heteroatoms. The molecule has 2 N–H and O–H groups in total. The molecule has 0 bridgehead atoms. The highest BCUT2D eigenvalue weighted by molar-refractivity contribution is 6.30. The molecule has 7 nitrogen and oxygen atoms in total. The molecule has 1 aliphatic rings. The van der Waals surface area contributed by atoms with Crippen molar-refractivity contribution >= 4 is 35.3 Å². The van der Waals surface area contributed by atoms with Crippen LogP contribution in [-0.2, 0) is 0 Å². The van der Waals surface area contributed by atoms with Crippen LogP contribution in [0.3, 0.4) is 0 Å². The molecule has 0 spiro atoms. The number of rotatable bonds is 5. The van der Waals surface area contributed by atoms with Gasteiger partial charge in [-0.25, -0.2) is 5.43 Å². The first-order valence-electron chi connectivity index (χ1n) is 8.98. The van der Waals surface area contributed by atoms with Gasteiger partial charge in [0.2, 0.25) is 6.79 Å². The molecule has 2 amide bonds. The lowest BCUT2D eigenvalue weighted by Crippen LogP contribution is -2.17. The van der Waals surface area contributed by atoms with Crippen LogP contribution in [0.15, 0.2) is 71.8 Å². The number of halogens is 1. The predicted octanol–water partition coefficient (Wildman–Crippen LogP) is 4.08. The summed E-state index contributed by atoms with van der Waals surface area (Å²) < 4.78 is 10.6. The average Bonchev–Trinajstić information content (AvgIpc) is 3.22. The van der Waals surface area contributed by atoms with E-state index < -0.39 is 0 Å². The van der Waals surface area contributed by atoms with Gasteiger partial charge in [-0.2, -0.15) is 5.10 Å². The molecule has 0 aliphatic carbocycles. The topological polar surface area (TPSA) is 89.0 Å². The molecule has 0 fully saturated rings. The molecule has 0 saturated carbocycles. The Kier molecular flexibility index (Phi) is 5.63. The van der Waals surface area contributed by atoms with Crippen molar-refractivity contribution in [3.8, 4) is 11.5 Å². The lowest BCUT2D eigenvalue weighted by atomic mass is 10.1. The van der Waals surface area contributed by atoms with Crippen LogP contribution in [-0.4, -0.2) is 24.8 Å². The van der Waals surface area contributed by atoms with Gasteiger partial charge in [-0.15, -0.1) is 0 Å². The van der Waals surface area contributed by atoms with Crippen LogP contribution in [0.5, 0.6) is 11.5 Å². The number of hydrogen-bond donors (Lipinski definition) is 2. The summed E-state index contributed by atoms with van der Waals surface area (Å²) in [6.45, 7) is 0.197. The molecule has 0 saturated heterocycles. The van der Waals surface area contributed by atoms with E-state index in [-0.39, 0.29) is 18.6 Å². The highest BCUT2D eigenvalue weighted by Crippen LogP contribution is 2.31. The van der Waals surface area contributed by atoms with E-state index in [1.165, 1.54) is 6.21 Å². The lowest BCUT2D eigenvalue weighted by molar-refractivity contribution is 0.0954. The quantitative estimate of drug-likeness (QED) is 0.479. The normalized spacial score (nSPS) is 12.0. The number of carbonyl (C=O) groups excluding carboxylic acids is 2. The van der Waals surface area contributed by atoms with Gasteiger partial charge in [-0.05, 0) is 72.3 Å². The number of carbonyl (C=O) groups is 2. The van der Waals surface area contributed by atoms with Gasteiger partial charge in [0, 0.05) is 21.8 Å². The summed E-state index contributed by atoms with van der Waals surface area (Å²) in [6, 6.07) is 18.4. The van der Waals surface area contributed by atoms with Crippen LogP contribution in [0, 0.1) is 0 Å². The molecule has 150 valence electrons. The molecule has 0 atom stereocenters. The second-order valence-electron chi connectivity index (χ2n) is 6.35. The van der Waals surface area contributed by atoms with Crippen molar-refractivity contribution in [2.45, 2.75) is 0 Å². The minimum Gasteiger partial charge on any atom is -0.454 e. The van der Waals surface area contributed by atoms with Crippen molar-refractivity contribution in [1.82, 2.24) is 5.43 Å². The van der Waals surface area contributed by atoms with Crippen molar-refractivity contribution in [3.63, 3.8) is 0 Å². The minimum atomic E-state index is -0.373. The van der Waals surface area contributed by atoms with Gasteiger partial charge >= 0.3 is 0 Å². The predicted molar refractivity (Wildman–Crippen MR) is 113 cm³/mol. The third-order valence-corrected chi connectivity index (χ3v) is 4.54. The van der Waals surface area contributed by atoms with Crippen LogP contribution >= 0.6 is 11.6 Å². The molecule has 4 rings (SSSR count). The Morgan fingerprint density at radius 3 is 2.30 bits per heavy atom. The number of hydrazone groups is 1. The number of nitrogens with one attached hydrogen (secondary N) is 2. The maximum atomic E-state index is 12.2. The smallest absolute Gasteiger partial charge is 0.271 e. The zero-order valence-electron chi connectivity index (χ0n) is 15.6. The Morgan fingerprint density at radius 2 is 1.53 bits per heavy atom. The van der Waals surface area contributed by atoms with E-state index in [2.05, 4.69) is 15.8 Å². The zero-order chi connectivity index (χ0) is 20.9. The molecule has 0 radical (unpaired) electrons. The Balaban J connectivity index is 1.33. The number of benzene rings is 3. The SMILES string of the molecule is O=C(N/N=C\c1ccc2c(c1)OCO2)c1ccc(NC(=O)c2ccc(Cl)cc2)cc1. The van der Waals surface area contributed by atoms with Gasteiger partial charge in [-0.1, -0.05) is 11.6 Å². The first-order valence-corrected chi connectivity index (χ1v) is 9.36. The summed E-state index contributed by atoms with van der Waals surface area (Å²) in [5.74, 6) is 0.681. The summed E-state index contributed by atoms with van der Waals surface area (Å²) in [7, 11) is 0. The fraction of sp³-hybridized carbons (Fsp3) is 0.0455. The Morgan fingerprint density at radius 1 is 0.867 bits per heavy atom. The molecule has 0 unspecified atom stereocenters. The third-order valence-electron chi connectivity index (χ3n) is 4.29.